The van der Waals surface area contributed by atoms with Crippen molar-refractivity contribution in [1.29, 1.82) is 0 Å². The van der Waals surface area contributed by atoms with Gasteiger partial charge in [-0.15, -0.1) is 0 Å². The Bertz CT molecular complexity index is 3120. The number of fused-ring (bicyclic) bond motifs is 5. The number of hydrogen-bond acceptors (Lipinski definition) is 0. The fraction of sp³-hybridized carbons (Fsp3) is 0.123. The minimum atomic E-state index is 0.889. The SMILES string of the molecule is CCc1ccc(Cc2ccc(Cc3ccc(Cc4ccc(Cc5ccc(C)c6ccccc56)c5ccccc45)c4ccccc34)c3ccccc23)c2ccccc12. The summed E-state index contributed by atoms with van der Waals surface area (Å²) in [6.45, 7) is 4.46. The number of benzene rings is 10. The zero-order valence-corrected chi connectivity index (χ0v) is 32.9. The molecule has 0 saturated carbocycles. The number of aryl methyl sites for hydroxylation is 2. The molecular weight excluding hydrogens is 685 g/mol. The second-order valence-electron chi connectivity index (χ2n) is 15.9. The van der Waals surface area contributed by atoms with Gasteiger partial charge in [0.15, 0.2) is 0 Å². The quantitative estimate of drug-likeness (QED) is 0.139. The molecule has 0 atom stereocenters. The Morgan fingerprint density at radius 3 is 0.684 bits per heavy atom. The van der Waals surface area contributed by atoms with E-state index >= 15 is 0 Å². The fourth-order valence-corrected chi connectivity index (χ4v) is 9.57. The van der Waals surface area contributed by atoms with Crippen molar-refractivity contribution in [3.63, 3.8) is 0 Å². The molecular formula is C57H46. The summed E-state index contributed by atoms with van der Waals surface area (Å²) < 4.78 is 0. The van der Waals surface area contributed by atoms with Gasteiger partial charge in [-0.3, -0.25) is 0 Å². The van der Waals surface area contributed by atoms with E-state index in [4.69, 9.17) is 0 Å². The molecule has 0 aliphatic carbocycles. The van der Waals surface area contributed by atoms with Gasteiger partial charge in [-0.2, -0.15) is 0 Å². The van der Waals surface area contributed by atoms with Crippen LogP contribution in [0.4, 0.5) is 0 Å². The molecule has 10 aromatic carbocycles. The molecule has 274 valence electrons. The van der Waals surface area contributed by atoms with Gasteiger partial charge in [0.25, 0.3) is 0 Å². The summed E-state index contributed by atoms with van der Waals surface area (Å²) in [4.78, 5) is 0. The average Bonchev–Trinajstić information content (AvgIpc) is 3.27. The fourth-order valence-electron chi connectivity index (χ4n) is 9.57. The predicted molar refractivity (Wildman–Crippen MR) is 245 cm³/mol. The summed E-state index contributed by atoms with van der Waals surface area (Å²) in [7, 11) is 0. The highest BCUT2D eigenvalue weighted by molar-refractivity contribution is 5.95. The van der Waals surface area contributed by atoms with Crippen LogP contribution in [0.3, 0.4) is 0 Å². The maximum absolute atomic E-state index is 2.39. The summed E-state index contributed by atoms with van der Waals surface area (Å²) in [5.74, 6) is 0. The summed E-state index contributed by atoms with van der Waals surface area (Å²) in [5.41, 5.74) is 13.8. The third-order valence-electron chi connectivity index (χ3n) is 12.6. The molecule has 0 aromatic heterocycles. The van der Waals surface area contributed by atoms with E-state index < -0.39 is 0 Å². The third-order valence-corrected chi connectivity index (χ3v) is 12.6. The molecule has 0 aliphatic heterocycles. The van der Waals surface area contributed by atoms with Crippen molar-refractivity contribution < 1.29 is 0 Å². The molecule has 0 N–H and O–H groups in total. The molecule has 0 spiro atoms. The molecule has 0 nitrogen and oxygen atoms in total. The van der Waals surface area contributed by atoms with Crippen LogP contribution in [-0.2, 0) is 32.1 Å². The lowest BCUT2D eigenvalue weighted by Gasteiger charge is -2.17. The summed E-state index contributed by atoms with van der Waals surface area (Å²) in [5, 5.41) is 13.5. The zero-order valence-electron chi connectivity index (χ0n) is 32.9. The van der Waals surface area contributed by atoms with Crippen molar-refractivity contribution in [2.24, 2.45) is 0 Å². The molecule has 0 radical (unpaired) electrons. The van der Waals surface area contributed by atoms with Gasteiger partial charge in [0, 0.05) is 0 Å². The van der Waals surface area contributed by atoms with Crippen LogP contribution in [0.2, 0.25) is 0 Å². The van der Waals surface area contributed by atoms with Crippen molar-refractivity contribution in [3.05, 3.63) is 238 Å². The highest BCUT2D eigenvalue weighted by atomic mass is 14.2. The van der Waals surface area contributed by atoms with E-state index in [0.29, 0.717) is 0 Å². The zero-order chi connectivity index (χ0) is 38.3. The van der Waals surface area contributed by atoms with E-state index in [9.17, 15) is 0 Å². The third kappa shape index (κ3) is 6.46. The number of rotatable bonds is 9. The van der Waals surface area contributed by atoms with Gasteiger partial charge < -0.3 is 0 Å². The topological polar surface area (TPSA) is 0 Å². The highest BCUT2D eigenvalue weighted by Gasteiger charge is 2.15. The van der Waals surface area contributed by atoms with Crippen molar-refractivity contribution in [3.8, 4) is 0 Å². The number of hydrogen-bond donors (Lipinski definition) is 0. The first-order valence-electron chi connectivity index (χ1n) is 20.6. The maximum Gasteiger partial charge on any atom is -0.00135 e. The van der Waals surface area contributed by atoms with Gasteiger partial charge in [0.05, 0.1) is 0 Å². The van der Waals surface area contributed by atoms with Crippen LogP contribution in [0.1, 0.15) is 62.6 Å². The van der Waals surface area contributed by atoms with E-state index in [1.807, 2.05) is 0 Å². The Balaban J connectivity index is 0.971. The van der Waals surface area contributed by atoms with Crippen molar-refractivity contribution in [2.45, 2.75) is 46.0 Å². The van der Waals surface area contributed by atoms with Gasteiger partial charge in [-0.25, -0.2) is 0 Å². The largest absolute Gasteiger partial charge is 0.0616 e. The Kier molecular flexibility index (Phi) is 9.12. The lowest BCUT2D eigenvalue weighted by molar-refractivity contribution is 1.15. The second kappa shape index (κ2) is 14.9. The molecule has 10 aromatic rings. The van der Waals surface area contributed by atoms with Gasteiger partial charge in [0.2, 0.25) is 0 Å². The first-order valence-corrected chi connectivity index (χ1v) is 20.6. The van der Waals surface area contributed by atoms with Crippen LogP contribution >= 0.6 is 0 Å². The van der Waals surface area contributed by atoms with Gasteiger partial charge in [-0.05, 0) is 149 Å². The minimum absolute atomic E-state index is 0.889. The molecule has 0 heteroatoms. The molecule has 0 aliphatic rings. The first-order chi connectivity index (χ1) is 28.1. The smallest absolute Gasteiger partial charge is 0.00135 e. The van der Waals surface area contributed by atoms with E-state index in [-0.39, 0.29) is 0 Å². The maximum atomic E-state index is 2.39. The first kappa shape index (κ1) is 35.0. The molecule has 57 heavy (non-hydrogen) atoms. The van der Waals surface area contributed by atoms with Gasteiger partial charge in [-0.1, -0.05) is 189 Å². The van der Waals surface area contributed by atoms with Gasteiger partial charge >= 0.3 is 0 Å². The normalized spacial score (nSPS) is 11.7. The Labute approximate surface area is 336 Å². The van der Waals surface area contributed by atoms with Crippen molar-refractivity contribution in [2.75, 3.05) is 0 Å². The van der Waals surface area contributed by atoms with Crippen LogP contribution in [0.5, 0.6) is 0 Å². The molecule has 0 saturated heterocycles. The van der Waals surface area contributed by atoms with E-state index in [2.05, 4.69) is 196 Å². The van der Waals surface area contributed by atoms with Gasteiger partial charge in [0.1, 0.15) is 0 Å². The molecule has 0 fully saturated rings. The Hall–Kier alpha value is -6.50. The lowest BCUT2D eigenvalue weighted by Crippen LogP contribution is -1.99. The van der Waals surface area contributed by atoms with Crippen LogP contribution < -0.4 is 0 Å². The van der Waals surface area contributed by atoms with Crippen LogP contribution in [0, 0.1) is 6.92 Å². The Morgan fingerprint density at radius 1 is 0.228 bits per heavy atom. The lowest BCUT2D eigenvalue weighted by atomic mass is 9.87. The van der Waals surface area contributed by atoms with Crippen molar-refractivity contribution in [1.82, 2.24) is 0 Å². The Morgan fingerprint density at radius 2 is 0.421 bits per heavy atom. The van der Waals surface area contributed by atoms with E-state index in [1.165, 1.54) is 109 Å². The monoisotopic (exact) mass is 730 g/mol. The minimum Gasteiger partial charge on any atom is -0.0616 e. The van der Waals surface area contributed by atoms with Crippen LogP contribution in [0.15, 0.2) is 182 Å². The highest BCUT2D eigenvalue weighted by Crippen LogP contribution is 2.35. The summed E-state index contributed by atoms with van der Waals surface area (Å²) in [6, 6.07) is 68.4. The predicted octanol–water partition coefficient (Wildman–Crippen LogP) is 14.7. The van der Waals surface area contributed by atoms with Crippen LogP contribution in [0.25, 0.3) is 53.9 Å². The summed E-state index contributed by atoms with van der Waals surface area (Å²) in [6.07, 6.45) is 4.66. The van der Waals surface area contributed by atoms with Crippen LogP contribution in [-0.4, -0.2) is 0 Å². The molecule has 0 bridgehead atoms. The van der Waals surface area contributed by atoms with E-state index in [1.54, 1.807) is 0 Å². The van der Waals surface area contributed by atoms with E-state index in [0.717, 1.165) is 32.1 Å². The average molecular weight is 731 g/mol. The molecule has 0 unspecified atom stereocenters. The molecule has 0 heterocycles. The molecule has 10 rings (SSSR count). The summed E-state index contributed by atoms with van der Waals surface area (Å²) >= 11 is 0. The molecule has 0 amide bonds. The van der Waals surface area contributed by atoms with Crippen molar-refractivity contribution >= 4 is 53.9 Å². The standard InChI is InChI=1S/C57H46/c1-3-39-26-27-41(51-17-7-6-15-49(39)51)35-43-30-31-45(55-21-11-10-19-53(43)55)37-47-33-32-46(56-22-12-13-23-57(47)56)36-44-29-28-42(52-18-8-9-20-54(44)52)34-40-25-24-38(2)48-14-4-5-16-50(40)48/h4-33H,3,34-37H2,1-2H3. The second-order valence-corrected chi connectivity index (χ2v) is 15.9.